The molecule has 1 N–H and O–H groups in total. The number of Topliss-reactive ketones (excluding diaryl/α,β-unsaturated/α-hetero) is 1. The molecule has 5 nitrogen and oxygen atoms in total. The van der Waals surface area contributed by atoms with E-state index in [1.54, 1.807) is 24.3 Å². The smallest absolute Gasteiger partial charge is 0.316 e. The lowest BCUT2D eigenvalue weighted by Gasteiger charge is -2.13. The van der Waals surface area contributed by atoms with Crippen LogP contribution in [0, 0.1) is 0 Å². The molecule has 0 radical (unpaired) electrons. The second kappa shape index (κ2) is 9.74. The van der Waals surface area contributed by atoms with Crippen molar-refractivity contribution in [1.29, 1.82) is 0 Å². The molecule has 1 aliphatic rings. The van der Waals surface area contributed by atoms with Crippen LogP contribution in [0.25, 0.3) is 0 Å². The molecule has 6 heteroatoms. The van der Waals surface area contributed by atoms with E-state index >= 15 is 0 Å². The Morgan fingerprint density at radius 2 is 1.79 bits per heavy atom. The fourth-order valence-electron chi connectivity index (χ4n) is 3.40. The van der Waals surface area contributed by atoms with E-state index in [0.717, 1.165) is 23.3 Å². The third-order valence-electron chi connectivity index (χ3n) is 4.94. The second-order valence-electron chi connectivity index (χ2n) is 7.20. The number of hydrogen-bond acceptors (Lipinski definition) is 5. The Morgan fingerprint density at radius 3 is 2.52 bits per heavy atom. The van der Waals surface area contributed by atoms with Gasteiger partial charge in [0.05, 0.1) is 11.8 Å². The predicted octanol–water partition coefficient (Wildman–Crippen LogP) is 3.89. The van der Waals surface area contributed by atoms with Gasteiger partial charge in [0, 0.05) is 17.4 Å². The number of benzene rings is 2. The fraction of sp³-hybridized carbons (Fsp3) is 0.348. The number of nitrogens with one attached hydrogen (secondary N) is 1. The van der Waals surface area contributed by atoms with Gasteiger partial charge in [0.1, 0.15) is 0 Å². The number of ether oxygens (including phenoxy) is 1. The first-order valence-electron chi connectivity index (χ1n) is 9.73. The maximum absolute atomic E-state index is 12.3. The molecule has 0 spiro atoms. The highest BCUT2D eigenvalue weighted by Crippen LogP contribution is 2.27. The summed E-state index contributed by atoms with van der Waals surface area (Å²) in [5, 5.41) is 2.79. The minimum atomic E-state index is -0.403. The van der Waals surface area contributed by atoms with E-state index in [4.69, 9.17) is 4.74 Å². The van der Waals surface area contributed by atoms with Crippen molar-refractivity contribution in [3.63, 3.8) is 0 Å². The van der Waals surface area contributed by atoms with E-state index in [0.29, 0.717) is 5.56 Å². The lowest BCUT2D eigenvalue weighted by Crippen LogP contribution is -2.23. The first kappa shape index (κ1) is 21.1. The van der Waals surface area contributed by atoms with Gasteiger partial charge in [0.15, 0.2) is 12.4 Å². The lowest BCUT2D eigenvalue weighted by molar-refractivity contribution is -0.139. The maximum atomic E-state index is 12.3. The zero-order valence-electron chi connectivity index (χ0n) is 16.7. The topological polar surface area (TPSA) is 72.5 Å². The van der Waals surface area contributed by atoms with Crippen LogP contribution in [0.2, 0.25) is 0 Å². The molecule has 0 fully saturated rings. The molecule has 2 aromatic rings. The number of carbonyl (C=O) groups excluding carboxylic acids is 3. The molecule has 0 heterocycles. The molecule has 1 aliphatic carbocycles. The van der Waals surface area contributed by atoms with Crippen molar-refractivity contribution in [1.82, 2.24) is 5.32 Å². The van der Waals surface area contributed by atoms with Crippen molar-refractivity contribution in [3.05, 3.63) is 64.7 Å². The molecule has 0 aliphatic heterocycles. The first-order chi connectivity index (χ1) is 13.9. The van der Waals surface area contributed by atoms with Gasteiger partial charge in [-0.15, -0.1) is 11.8 Å². The largest absolute Gasteiger partial charge is 0.457 e. The van der Waals surface area contributed by atoms with Crippen LogP contribution < -0.4 is 5.32 Å². The Morgan fingerprint density at radius 1 is 1.07 bits per heavy atom. The molecule has 29 heavy (non-hydrogen) atoms. The quantitative estimate of drug-likeness (QED) is 0.405. The van der Waals surface area contributed by atoms with E-state index in [-0.39, 0.29) is 30.1 Å². The number of amides is 1. The number of ketones is 1. The third-order valence-corrected chi connectivity index (χ3v) is 5.91. The SMILES string of the molecule is CC(=O)N[C@@H](C)c1ccc(C(=O)COC(=O)CSc2ccc3c(c2)CCC3)cc1. The first-order valence-corrected chi connectivity index (χ1v) is 10.7. The second-order valence-corrected chi connectivity index (χ2v) is 8.25. The van der Waals surface area contributed by atoms with Gasteiger partial charge in [-0.3, -0.25) is 14.4 Å². The third kappa shape index (κ3) is 5.94. The van der Waals surface area contributed by atoms with Gasteiger partial charge in [0.2, 0.25) is 5.91 Å². The molecule has 152 valence electrons. The van der Waals surface area contributed by atoms with E-state index < -0.39 is 5.97 Å². The molecule has 1 amide bonds. The maximum Gasteiger partial charge on any atom is 0.316 e. The normalized spacial score (nSPS) is 13.4. The number of rotatable bonds is 8. The van der Waals surface area contributed by atoms with Crippen LogP contribution in [-0.4, -0.2) is 30.0 Å². The minimum Gasteiger partial charge on any atom is -0.457 e. The lowest BCUT2D eigenvalue weighted by atomic mass is 10.0. The molecule has 2 aromatic carbocycles. The summed E-state index contributed by atoms with van der Waals surface area (Å²) in [6, 6.07) is 13.1. The molecule has 0 unspecified atom stereocenters. The average Bonchev–Trinajstić information content (AvgIpc) is 3.18. The van der Waals surface area contributed by atoms with Crippen molar-refractivity contribution in [2.75, 3.05) is 12.4 Å². The number of esters is 1. The zero-order chi connectivity index (χ0) is 20.8. The number of carbonyl (C=O) groups is 3. The zero-order valence-corrected chi connectivity index (χ0v) is 17.5. The van der Waals surface area contributed by atoms with Gasteiger partial charge in [-0.2, -0.15) is 0 Å². The van der Waals surface area contributed by atoms with Crippen molar-refractivity contribution in [2.45, 2.75) is 44.0 Å². The summed E-state index contributed by atoms with van der Waals surface area (Å²) in [4.78, 5) is 36.4. The highest BCUT2D eigenvalue weighted by molar-refractivity contribution is 8.00. The molecular weight excluding hydrogens is 386 g/mol. The number of aryl methyl sites for hydroxylation is 2. The number of hydrogen-bond donors (Lipinski definition) is 1. The Bertz CT molecular complexity index is 908. The van der Waals surface area contributed by atoms with Crippen molar-refractivity contribution in [2.24, 2.45) is 0 Å². The van der Waals surface area contributed by atoms with Gasteiger partial charge < -0.3 is 10.1 Å². The van der Waals surface area contributed by atoms with Gasteiger partial charge in [0.25, 0.3) is 0 Å². The summed E-state index contributed by atoms with van der Waals surface area (Å²) in [6.45, 7) is 3.06. The molecule has 0 bridgehead atoms. The Kier molecular flexibility index (Phi) is 7.09. The fourth-order valence-corrected chi connectivity index (χ4v) is 4.15. The molecule has 1 atom stereocenters. The Labute approximate surface area is 175 Å². The summed E-state index contributed by atoms with van der Waals surface area (Å²) in [5.41, 5.74) is 4.15. The highest BCUT2D eigenvalue weighted by Gasteiger charge is 2.14. The summed E-state index contributed by atoms with van der Waals surface area (Å²) in [5.74, 6) is -0.583. The van der Waals surface area contributed by atoms with E-state index in [2.05, 4.69) is 17.4 Å². The number of thioether (sulfide) groups is 1. The van der Waals surface area contributed by atoms with Crippen LogP contribution in [0.5, 0.6) is 0 Å². The van der Waals surface area contributed by atoms with Crippen LogP contribution in [0.4, 0.5) is 0 Å². The molecule has 0 aromatic heterocycles. The van der Waals surface area contributed by atoms with Gasteiger partial charge in [-0.25, -0.2) is 0 Å². The van der Waals surface area contributed by atoms with Gasteiger partial charge >= 0.3 is 5.97 Å². The summed E-state index contributed by atoms with van der Waals surface area (Å²) < 4.78 is 5.14. The Hall–Kier alpha value is -2.60. The van der Waals surface area contributed by atoms with E-state index in [9.17, 15) is 14.4 Å². The number of fused-ring (bicyclic) bond motifs is 1. The summed E-state index contributed by atoms with van der Waals surface area (Å²) in [6.07, 6.45) is 3.43. The molecule has 0 saturated heterocycles. The van der Waals surface area contributed by atoms with Crippen molar-refractivity contribution >= 4 is 29.4 Å². The standard InChI is InChI=1S/C23H25NO4S/c1-15(24-16(2)25)17-6-8-19(9-7-17)22(26)13-28-23(27)14-29-21-11-10-18-4-3-5-20(18)12-21/h6-12,15H,3-5,13-14H2,1-2H3,(H,24,25)/t15-/m0/s1. The Balaban J connectivity index is 1.45. The van der Waals surface area contributed by atoms with Gasteiger partial charge in [-0.05, 0) is 55.0 Å². The van der Waals surface area contributed by atoms with E-state index in [1.165, 1.54) is 36.2 Å². The molecular formula is C23H25NO4S. The minimum absolute atomic E-state index is 0.109. The summed E-state index contributed by atoms with van der Waals surface area (Å²) >= 11 is 1.43. The van der Waals surface area contributed by atoms with Crippen LogP contribution in [-0.2, 0) is 27.2 Å². The van der Waals surface area contributed by atoms with Crippen molar-refractivity contribution in [3.8, 4) is 0 Å². The average molecular weight is 412 g/mol. The van der Waals surface area contributed by atoms with Crippen LogP contribution in [0.15, 0.2) is 47.4 Å². The summed E-state index contributed by atoms with van der Waals surface area (Å²) in [7, 11) is 0. The van der Waals surface area contributed by atoms with Gasteiger partial charge in [-0.1, -0.05) is 30.3 Å². The van der Waals surface area contributed by atoms with Crippen LogP contribution >= 0.6 is 11.8 Å². The highest BCUT2D eigenvalue weighted by atomic mass is 32.2. The van der Waals surface area contributed by atoms with E-state index in [1.807, 2.05) is 13.0 Å². The molecule has 3 rings (SSSR count). The molecule has 0 saturated carbocycles. The van der Waals surface area contributed by atoms with Crippen LogP contribution in [0.1, 0.15) is 53.4 Å². The van der Waals surface area contributed by atoms with Crippen LogP contribution in [0.3, 0.4) is 0 Å². The predicted molar refractivity (Wildman–Crippen MR) is 113 cm³/mol. The monoisotopic (exact) mass is 411 g/mol. The van der Waals surface area contributed by atoms with Crippen molar-refractivity contribution < 1.29 is 19.1 Å².